The zero-order valence-electron chi connectivity index (χ0n) is 13.3. The van der Waals surface area contributed by atoms with Crippen LogP contribution in [0.15, 0.2) is 36.4 Å². The van der Waals surface area contributed by atoms with Gasteiger partial charge in [-0.1, -0.05) is 18.2 Å². The molecule has 3 rings (SSSR count). The number of nitrogens with zero attached hydrogens (tertiary/aromatic N) is 4. The fourth-order valence-electron chi connectivity index (χ4n) is 2.92. The van der Waals surface area contributed by atoms with Crippen molar-refractivity contribution in [2.24, 2.45) is 0 Å². The van der Waals surface area contributed by atoms with E-state index in [9.17, 15) is 0 Å². The molecule has 1 aliphatic rings. The van der Waals surface area contributed by atoms with Crippen LogP contribution >= 0.6 is 0 Å². The van der Waals surface area contributed by atoms with E-state index in [1.807, 2.05) is 41.1 Å². The molecule has 0 aliphatic carbocycles. The second kappa shape index (κ2) is 7.80. The Kier molecular flexibility index (Phi) is 5.28. The lowest BCUT2D eigenvalue weighted by Crippen LogP contribution is -2.24. The number of para-hydroxylation sites is 1. The standard InChI is InChI=1S/C18H22N4O/c19-14-16-13-17-15-21(10-6-11-22(17)20-16)9-4-5-12-23-18-7-2-1-3-8-18/h1-3,7-8,13H,4-6,9-12,15H2. The summed E-state index contributed by atoms with van der Waals surface area (Å²) in [5, 5.41) is 13.3. The molecule has 1 aromatic carbocycles. The van der Waals surface area contributed by atoms with Gasteiger partial charge in [0.25, 0.3) is 0 Å². The van der Waals surface area contributed by atoms with Gasteiger partial charge in [-0.25, -0.2) is 0 Å². The topological polar surface area (TPSA) is 54.1 Å². The monoisotopic (exact) mass is 310 g/mol. The number of fused-ring (bicyclic) bond motifs is 1. The lowest BCUT2D eigenvalue weighted by Gasteiger charge is -2.19. The molecular weight excluding hydrogens is 288 g/mol. The molecule has 120 valence electrons. The van der Waals surface area contributed by atoms with Crippen LogP contribution in [0.1, 0.15) is 30.7 Å². The summed E-state index contributed by atoms with van der Waals surface area (Å²) in [5.41, 5.74) is 1.68. The Morgan fingerprint density at radius 3 is 2.87 bits per heavy atom. The van der Waals surface area contributed by atoms with Crippen molar-refractivity contribution in [3.05, 3.63) is 47.8 Å². The van der Waals surface area contributed by atoms with Crippen LogP contribution in [0, 0.1) is 11.3 Å². The Balaban J connectivity index is 1.41. The molecule has 5 nitrogen and oxygen atoms in total. The molecule has 0 unspecified atom stereocenters. The molecular formula is C18H22N4O. The maximum atomic E-state index is 8.96. The SMILES string of the molecule is N#Cc1cc2n(n1)CCCN(CCCCOc1ccccc1)C2. The highest BCUT2D eigenvalue weighted by molar-refractivity contribution is 5.23. The molecule has 1 aliphatic heterocycles. The third kappa shape index (κ3) is 4.33. The van der Waals surface area contributed by atoms with Crippen LogP contribution in [0.5, 0.6) is 5.75 Å². The number of hydrogen-bond acceptors (Lipinski definition) is 4. The smallest absolute Gasteiger partial charge is 0.162 e. The summed E-state index contributed by atoms with van der Waals surface area (Å²) in [6, 6.07) is 14.0. The fraction of sp³-hybridized carbons (Fsp3) is 0.444. The first kappa shape index (κ1) is 15.6. The number of aromatic nitrogens is 2. The van der Waals surface area contributed by atoms with Gasteiger partial charge in [0.2, 0.25) is 0 Å². The molecule has 0 saturated heterocycles. The predicted molar refractivity (Wildman–Crippen MR) is 88.0 cm³/mol. The van der Waals surface area contributed by atoms with E-state index in [0.29, 0.717) is 5.69 Å². The van der Waals surface area contributed by atoms with Crippen LogP contribution in [0.4, 0.5) is 0 Å². The number of benzene rings is 1. The average Bonchev–Trinajstić information content (AvgIpc) is 2.87. The average molecular weight is 310 g/mol. The van der Waals surface area contributed by atoms with Crippen LogP contribution in [0.2, 0.25) is 0 Å². The third-order valence-corrected chi connectivity index (χ3v) is 4.09. The molecule has 0 saturated carbocycles. The molecule has 2 heterocycles. The normalized spacial score (nSPS) is 14.7. The summed E-state index contributed by atoms with van der Waals surface area (Å²) in [5.74, 6) is 0.940. The molecule has 5 heteroatoms. The Bertz CT molecular complexity index is 659. The van der Waals surface area contributed by atoms with Crippen molar-refractivity contribution in [2.45, 2.75) is 32.4 Å². The molecule has 0 amide bonds. The molecule has 23 heavy (non-hydrogen) atoms. The van der Waals surface area contributed by atoms with Crippen LogP contribution < -0.4 is 4.74 Å². The minimum Gasteiger partial charge on any atom is -0.494 e. The quantitative estimate of drug-likeness (QED) is 0.770. The summed E-state index contributed by atoms with van der Waals surface area (Å²) in [6.45, 7) is 4.70. The summed E-state index contributed by atoms with van der Waals surface area (Å²) >= 11 is 0. The summed E-state index contributed by atoms with van der Waals surface area (Å²) in [4.78, 5) is 2.45. The highest BCUT2D eigenvalue weighted by atomic mass is 16.5. The summed E-state index contributed by atoms with van der Waals surface area (Å²) in [6.07, 6.45) is 3.25. The molecule has 2 aromatic rings. The minimum absolute atomic E-state index is 0.526. The fourth-order valence-corrected chi connectivity index (χ4v) is 2.92. The zero-order valence-corrected chi connectivity index (χ0v) is 13.3. The number of ether oxygens (including phenoxy) is 1. The Labute approximate surface area is 137 Å². The van der Waals surface area contributed by atoms with Crippen LogP contribution in [-0.2, 0) is 13.1 Å². The number of rotatable bonds is 6. The van der Waals surface area contributed by atoms with Crippen LogP contribution in [-0.4, -0.2) is 34.4 Å². The summed E-state index contributed by atoms with van der Waals surface area (Å²) in [7, 11) is 0. The van der Waals surface area contributed by atoms with Crippen molar-refractivity contribution < 1.29 is 4.74 Å². The van der Waals surface area contributed by atoms with Gasteiger partial charge in [0.05, 0.1) is 12.3 Å². The second-order valence-electron chi connectivity index (χ2n) is 5.85. The van der Waals surface area contributed by atoms with Gasteiger partial charge in [0.1, 0.15) is 11.8 Å². The minimum atomic E-state index is 0.526. The molecule has 0 spiro atoms. The van der Waals surface area contributed by atoms with E-state index >= 15 is 0 Å². The van der Waals surface area contributed by atoms with Crippen molar-refractivity contribution in [2.75, 3.05) is 19.7 Å². The molecule has 0 bridgehead atoms. The van der Waals surface area contributed by atoms with Crippen molar-refractivity contribution in [1.82, 2.24) is 14.7 Å². The molecule has 0 fully saturated rings. The zero-order chi connectivity index (χ0) is 15.9. The summed E-state index contributed by atoms with van der Waals surface area (Å²) < 4.78 is 7.71. The van der Waals surface area contributed by atoms with Gasteiger partial charge < -0.3 is 4.74 Å². The molecule has 0 N–H and O–H groups in total. The Morgan fingerprint density at radius 2 is 2.04 bits per heavy atom. The number of unbranched alkanes of at least 4 members (excludes halogenated alkanes) is 1. The van der Waals surface area contributed by atoms with Crippen molar-refractivity contribution in [3.63, 3.8) is 0 Å². The largest absolute Gasteiger partial charge is 0.494 e. The van der Waals surface area contributed by atoms with Gasteiger partial charge in [-0.2, -0.15) is 10.4 Å². The second-order valence-corrected chi connectivity index (χ2v) is 5.85. The lowest BCUT2D eigenvalue weighted by molar-refractivity contribution is 0.246. The number of nitriles is 1. The van der Waals surface area contributed by atoms with E-state index in [1.165, 1.54) is 0 Å². The highest BCUT2D eigenvalue weighted by Crippen LogP contribution is 2.14. The molecule has 0 atom stereocenters. The van der Waals surface area contributed by atoms with Gasteiger partial charge in [0.15, 0.2) is 5.69 Å². The maximum Gasteiger partial charge on any atom is 0.162 e. The van der Waals surface area contributed by atoms with Gasteiger partial charge in [-0.3, -0.25) is 9.58 Å². The van der Waals surface area contributed by atoms with Gasteiger partial charge >= 0.3 is 0 Å². The van der Waals surface area contributed by atoms with E-state index in [0.717, 1.165) is 63.5 Å². The first-order valence-corrected chi connectivity index (χ1v) is 8.22. The lowest BCUT2D eigenvalue weighted by atomic mass is 10.2. The highest BCUT2D eigenvalue weighted by Gasteiger charge is 2.16. The predicted octanol–water partition coefficient (Wildman–Crippen LogP) is 2.82. The van der Waals surface area contributed by atoms with E-state index < -0.39 is 0 Å². The van der Waals surface area contributed by atoms with Crippen molar-refractivity contribution in [3.8, 4) is 11.8 Å². The van der Waals surface area contributed by atoms with Gasteiger partial charge in [-0.15, -0.1) is 0 Å². The maximum absolute atomic E-state index is 8.96. The number of aryl methyl sites for hydroxylation is 1. The van der Waals surface area contributed by atoms with Crippen molar-refractivity contribution >= 4 is 0 Å². The third-order valence-electron chi connectivity index (χ3n) is 4.09. The van der Waals surface area contributed by atoms with E-state index in [1.54, 1.807) is 0 Å². The molecule has 0 radical (unpaired) electrons. The van der Waals surface area contributed by atoms with E-state index in [4.69, 9.17) is 10.00 Å². The van der Waals surface area contributed by atoms with Gasteiger partial charge in [0, 0.05) is 19.6 Å². The first-order valence-electron chi connectivity index (χ1n) is 8.22. The first-order chi connectivity index (χ1) is 11.3. The van der Waals surface area contributed by atoms with E-state index in [-0.39, 0.29) is 0 Å². The Morgan fingerprint density at radius 1 is 1.17 bits per heavy atom. The van der Waals surface area contributed by atoms with E-state index in [2.05, 4.69) is 16.1 Å². The number of hydrogen-bond donors (Lipinski definition) is 0. The van der Waals surface area contributed by atoms with Gasteiger partial charge in [-0.05, 0) is 44.0 Å². The van der Waals surface area contributed by atoms with Crippen LogP contribution in [0.3, 0.4) is 0 Å². The molecule has 1 aromatic heterocycles. The van der Waals surface area contributed by atoms with Crippen LogP contribution in [0.25, 0.3) is 0 Å². The Hall–Kier alpha value is -2.32. The van der Waals surface area contributed by atoms with Crippen molar-refractivity contribution in [1.29, 1.82) is 5.26 Å².